The SMILES string of the molecule is CCCC[C@@H](O)[C@H](C)OC(C)(C)C. The van der Waals surface area contributed by atoms with Crippen LogP contribution >= 0.6 is 0 Å². The Labute approximate surface area is 82.3 Å². The van der Waals surface area contributed by atoms with Crippen LogP contribution in [0.15, 0.2) is 0 Å². The Morgan fingerprint density at radius 3 is 2.23 bits per heavy atom. The van der Waals surface area contributed by atoms with Crippen LogP contribution in [0, 0.1) is 0 Å². The van der Waals surface area contributed by atoms with Gasteiger partial charge >= 0.3 is 0 Å². The zero-order valence-corrected chi connectivity index (χ0v) is 9.63. The number of aliphatic hydroxyl groups is 1. The summed E-state index contributed by atoms with van der Waals surface area (Å²) in [5, 5.41) is 9.69. The molecule has 0 fully saturated rings. The average Bonchev–Trinajstić information content (AvgIpc) is 1.96. The second-order valence-electron chi connectivity index (χ2n) is 4.64. The van der Waals surface area contributed by atoms with Gasteiger partial charge in [0.15, 0.2) is 0 Å². The first kappa shape index (κ1) is 12.9. The molecule has 0 aromatic carbocycles. The molecule has 0 radical (unpaired) electrons. The van der Waals surface area contributed by atoms with Crippen molar-refractivity contribution in [2.45, 2.75) is 71.7 Å². The van der Waals surface area contributed by atoms with Crippen LogP contribution in [0.2, 0.25) is 0 Å². The highest BCUT2D eigenvalue weighted by Crippen LogP contribution is 2.15. The molecule has 0 bridgehead atoms. The summed E-state index contributed by atoms with van der Waals surface area (Å²) in [6, 6.07) is 0. The van der Waals surface area contributed by atoms with Crippen LogP contribution in [0.4, 0.5) is 0 Å². The minimum Gasteiger partial charge on any atom is -0.390 e. The van der Waals surface area contributed by atoms with Crippen molar-refractivity contribution in [3.63, 3.8) is 0 Å². The maximum absolute atomic E-state index is 9.69. The van der Waals surface area contributed by atoms with Crippen molar-refractivity contribution in [2.75, 3.05) is 0 Å². The highest BCUT2D eigenvalue weighted by molar-refractivity contribution is 4.69. The molecule has 1 N–H and O–H groups in total. The summed E-state index contributed by atoms with van der Waals surface area (Å²) < 4.78 is 5.65. The lowest BCUT2D eigenvalue weighted by atomic mass is 10.1. The Balaban J connectivity index is 3.75. The molecule has 2 nitrogen and oxygen atoms in total. The molecule has 0 aromatic heterocycles. The van der Waals surface area contributed by atoms with E-state index >= 15 is 0 Å². The molecule has 2 heteroatoms. The summed E-state index contributed by atoms with van der Waals surface area (Å²) in [6.07, 6.45) is 2.65. The highest BCUT2D eigenvalue weighted by atomic mass is 16.5. The van der Waals surface area contributed by atoms with E-state index in [0.717, 1.165) is 19.3 Å². The molecule has 13 heavy (non-hydrogen) atoms. The fraction of sp³-hybridized carbons (Fsp3) is 1.00. The summed E-state index contributed by atoms with van der Waals surface area (Å²) in [7, 11) is 0. The third-order valence-electron chi connectivity index (χ3n) is 1.93. The molecular formula is C11H24O2. The lowest BCUT2D eigenvalue weighted by Gasteiger charge is -2.28. The van der Waals surface area contributed by atoms with Gasteiger partial charge in [0.2, 0.25) is 0 Å². The standard InChI is InChI=1S/C11H24O2/c1-6-7-8-10(12)9(2)13-11(3,4)5/h9-10,12H,6-8H2,1-5H3/t9-,10+/m0/s1. The van der Waals surface area contributed by atoms with Crippen molar-refractivity contribution in [1.82, 2.24) is 0 Å². The molecule has 0 rings (SSSR count). The number of ether oxygens (including phenoxy) is 1. The van der Waals surface area contributed by atoms with Gasteiger partial charge in [-0.15, -0.1) is 0 Å². The maximum Gasteiger partial charge on any atom is 0.0812 e. The lowest BCUT2D eigenvalue weighted by molar-refractivity contribution is -0.103. The van der Waals surface area contributed by atoms with Gasteiger partial charge in [0, 0.05) is 0 Å². The molecule has 0 aliphatic rings. The third-order valence-corrected chi connectivity index (χ3v) is 1.93. The summed E-state index contributed by atoms with van der Waals surface area (Å²) in [6.45, 7) is 10.1. The molecule has 0 aliphatic heterocycles. The van der Waals surface area contributed by atoms with Gasteiger partial charge in [-0.2, -0.15) is 0 Å². The first-order valence-electron chi connectivity index (χ1n) is 5.22. The van der Waals surface area contributed by atoms with E-state index in [2.05, 4.69) is 6.92 Å². The van der Waals surface area contributed by atoms with Gasteiger partial charge in [-0.25, -0.2) is 0 Å². The van der Waals surface area contributed by atoms with Crippen molar-refractivity contribution in [1.29, 1.82) is 0 Å². The highest BCUT2D eigenvalue weighted by Gasteiger charge is 2.20. The predicted octanol–water partition coefficient (Wildman–Crippen LogP) is 2.74. The van der Waals surface area contributed by atoms with Crippen LogP contribution in [0.25, 0.3) is 0 Å². The van der Waals surface area contributed by atoms with Crippen LogP contribution in [0.3, 0.4) is 0 Å². The van der Waals surface area contributed by atoms with Gasteiger partial charge in [-0.3, -0.25) is 0 Å². The van der Waals surface area contributed by atoms with Crippen molar-refractivity contribution < 1.29 is 9.84 Å². The van der Waals surface area contributed by atoms with Gasteiger partial charge in [0.25, 0.3) is 0 Å². The summed E-state index contributed by atoms with van der Waals surface area (Å²) in [5.41, 5.74) is -0.160. The summed E-state index contributed by atoms with van der Waals surface area (Å²) >= 11 is 0. The smallest absolute Gasteiger partial charge is 0.0812 e. The number of unbranched alkanes of at least 4 members (excludes halogenated alkanes) is 1. The molecule has 0 amide bonds. The maximum atomic E-state index is 9.69. The molecule has 0 saturated carbocycles. The Kier molecular flexibility index (Phi) is 5.57. The fourth-order valence-corrected chi connectivity index (χ4v) is 1.28. The summed E-state index contributed by atoms with van der Waals surface area (Å²) in [4.78, 5) is 0. The molecule has 0 spiro atoms. The zero-order valence-electron chi connectivity index (χ0n) is 9.63. The first-order valence-corrected chi connectivity index (χ1v) is 5.22. The Hall–Kier alpha value is -0.0800. The van der Waals surface area contributed by atoms with Gasteiger partial charge in [0.1, 0.15) is 0 Å². The first-order chi connectivity index (χ1) is 5.87. The average molecular weight is 188 g/mol. The number of hydrogen-bond acceptors (Lipinski definition) is 2. The van der Waals surface area contributed by atoms with Crippen molar-refractivity contribution in [3.05, 3.63) is 0 Å². The van der Waals surface area contributed by atoms with Gasteiger partial charge in [-0.1, -0.05) is 19.8 Å². The number of hydrogen-bond donors (Lipinski definition) is 1. The van der Waals surface area contributed by atoms with E-state index in [1.54, 1.807) is 0 Å². The van der Waals surface area contributed by atoms with E-state index in [1.807, 2.05) is 27.7 Å². The van der Waals surface area contributed by atoms with Crippen LogP contribution in [0.5, 0.6) is 0 Å². The third kappa shape index (κ3) is 7.03. The van der Waals surface area contributed by atoms with E-state index in [1.165, 1.54) is 0 Å². The minimum absolute atomic E-state index is 0.0634. The molecule has 0 heterocycles. The van der Waals surface area contributed by atoms with Crippen molar-refractivity contribution in [2.24, 2.45) is 0 Å². The molecule has 0 unspecified atom stereocenters. The summed E-state index contributed by atoms with van der Waals surface area (Å²) in [5.74, 6) is 0. The Morgan fingerprint density at radius 1 is 1.31 bits per heavy atom. The molecule has 0 aromatic rings. The van der Waals surface area contributed by atoms with Crippen LogP contribution < -0.4 is 0 Å². The Bertz CT molecular complexity index is 127. The van der Waals surface area contributed by atoms with Gasteiger partial charge in [-0.05, 0) is 34.1 Å². The van der Waals surface area contributed by atoms with E-state index in [4.69, 9.17) is 4.74 Å². The quantitative estimate of drug-likeness (QED) is 0.719. The topological polar surface area (TPSA) is 29.5 Å². The largest absolute Gasteiger partial charge is 0.390 e. The lowest BCUT2D eigenvalue weighted by Crippen LogP contribution is -2.33. The fourth-order valence-electron chi connectivity index (χ4n) is 1.28. The molecular weight excluding hydrogens is 164 g/mol. The normalized spacial score (nSPS) is 17.1. The second-order valence-corrected chi connectivity index (χ2v) is 4.64. The van der Waals surface area contributed by atoms with Crippen LogP contribution in [-0.4, -0.2) is 22.9 Å². The van der Waals surface area contributed by atoms with E-state index < -0.39 is 0 Å². The van der Waals surface area contributed by atoms with Crippen LogP contribution in [-0.2, 0) is 4.74 Å². The second kappa shape index (κ2) is 5.61. The van der Waals surface area contributed by atoms with E-state index in [-0.39, 0.29) is 17.8 Å². The van der Waals surface area contributed by atoms with Crippen molar-refractivity contribution >= 4 is 0 Å². The molecule has 0 saturated heterocycles. The molecule has 0 aliphatic carbocycles. The van der Waals surface area contributed by atoms with Gasteiger partial charge in [0.05, 0.1) is 17.8 Å². The van der Waals surface area contributed by atoms with Crippen molar-refractivity contribution in [3.8, 4) is 0 Å². The van der Waals surface area contributed by atoms with Gasteiger partial charge < -0.3 is 9.84 Å². The van der Waals surface area contributed by atoms with E-state index in [0.29, 0.717) is 0 Å². The van der Waals surface area contributed by atoms with Crippen LogP contribution in [0.1, 0.15) is 53.9 Å². The Morgan fingerprint density at radius 2 is 1.85 bits per heavy atom. The molecule has 2 atom stereocenters. The molecule has 80 valence electrons. The number of rotatable bonds is 5. The minimum atomic E-state index is -0.320. The van der Waals surface area contributed by atoms with E-state index in [9.17, 15) is 5.11 Å². The monoisotopic (exact) mass is 188 g/mol. The predicted molar refractivity (Wildman–Crippen MR) is 55.8 cm³/mol. The zero-order chi connectivity index (χ0) is 10.5. The number of aliphatic hydroxyl groups excluding tert-OH is 1.